The van der Waals surface area contributed by atoms with Gasteiger partial charge in [-0.15, -0.1) is 0 Å². The van der Waals surface area contributed by atoms with Crippen molar-refractivity contribution in [2.45, 2.75) is 27.1 Å². The number of ether oxygens (including phenoxy) is 3. The van der Waals surface area contributed by atoms with Gasteiger partial charge in [0.2, 0.25) is 11.8 Å². The minimum Gasteiger partial charge on any atom is -0.473 e. The molecular formula is C35H32N6O7. The smallest absolute Gasteiger partial charge is 0.339 e. The molecule has 3 N–H and O–H groups in total. The molecule has 0 spiro atoms. The van der Waals surface area contributed by atoms with Crippen LogP contribution in [0.25, 0.3) is 22.5 Å². The van der Waals surface area contributed by atoms with Gasteiger partial charge in [-0.1, -0.05) is 71.0 Å². The van der Waals surface area contributed by atoms with Crippen molar-refractivity contribution in [1.29, 1.82) is 0 Å². The summed E-state index contributed by atoms with van der Waals surface area (Å²) in [5, 5.41) is 8.21. The summed E-state index contributed by atoms with van der Waals surface area (Å²) < 4.78 is 26.6. The lowest BCUT2D eigenvalue weighted by Crippen LogP contribution is -2.29. The number of carbonyl (C=O) groups is 2. The topological polar surface area (TPSA) is 178 Å². The summed E-state index contributed by atoms with van der Waals surface area (Å²) in [5.74, 6) is 6.41. The fraction of sp³-hybridized carbons (Fsp3) is 0.143. The molecule has 0 radical (unpaired) electrons. The monoisotopic (exact) mass is 648 g/mol. The van der Waals surface area contributed by atoms with Crippen LogP contribution < -0.4 is 20.7 Å². The number of nitrogen functional groups attached to an aromatic ring is 1. The molecule has 244 valence electrons. The number of hydrogen-bond donors (Lipinski definition) is 2. The zero-order valence-corrected chi connectivity index (χ0v) is 26.4. The molecule has 6 aromatic rings. The Bertz CT molecular complexity index is 1800. The van der Waals surface area contributed by atoms with E-state index in [2.05, 4.69) is 25.0 Å². The number of pyridine rings is 2. The number of nitrogens with two attached hydrogens (primary N) is 1. The summed E-state index contributed by atoms with van der Waals surface area (Å²) in [7, 11) is 1.33. The number of amides is 1. The first-order valence-corrected chi connectivity index (χ1v) is 14.7. The number of esters is 1. The van der Waals surface area contributed by atoms with Gasteiger partial charge in [-0.25, -0.2) is 20.6 Å². The molecule has 0 aliphatic heterocycles. The summed E-state index contributed by atoms with van der Waals surface area (Å²) in [5.41, 5.74) is 7.90. The maximum atomic E-state index is 11.4. The van der Waals surface area contributed by atoms with Crippen LogP contribution in [0.3, 0.4) is 0 Å². The predicted octanol–water partition coefficient (Wildman–Crippen LogP) is 5.64. The van der Waals surface area contributed by atoms with Gasteiger partial charge in [-0.2, -0.15) is 0 Å². The Hall–Kier alpha value is -6.34. The molecule has 13 nitrogen and oxygen atoms in total. The molecule has 0 atom stereocenters. The van der Waals surface area contributed by atoms with Crippen LogP contribution >= 0.6 is 0 Å². The van der Waals surface area contributed by atoms with E-state index in [4.69, 9.17) is 24.4 Å². The first-order chi connectivity index (χ1) is 23.4. The van der Waals surface area contributed by atoms with Gasteiger partial charge in [0.25, 0.3) is 5.91 Å². The van der Waals surface area contributed by atoms with Gasteiger partial charge < -0.3 is 23.3 Å². The van der Waals surface area contributed by atoms with E-state index in [0.717, 1.165) is 33.6 Å². The number of aromatic nitrogens is 4. The van der Waals surface area contributed by atoms with Crippen molar-refractivity contribution < 1.29 is 32.8 Å². The van der Waals surface area contributed by atoms with Gasteiger partial charge in [-0.3, -0.25) is 10.2 Å². The molecule has 0 saturated heterocycles. The van der Waals surface area contributed by atoms with Gasteiger partial charge in [0.05, 0.1) is 29.4 Å². The van der Waals surface area contributed by atoms with E-state index in [-0.39, 0.29) is 13.2 Å². The molecule has 4 aromatic heterocycles. The average molecular weight is 649 g/mol. The highest BCUT2D eigenvalue weighted by atomic mass is 16.5. The molecule has 0 aliphatic carbocycles. The van der Waals surface area contributed by atoms with E-state index in [1.54, 1.807) is 24.3 Å². The van der Waals surface area contributed by atoms with Crippen LogP contribution in [0.4, 0.5) is 0 Å². The summed E-state index contributed by atoms with van der Waals surface area (Å²) in [6, 6.07) is 25.9. The average Bonchev–Trinajstić information content (AvgIpc) is 3.71. The summed E-state index contributed by atoms with van der Waals surface area (Å²) >= 11 is 0. The fourth-order valence-corrected chi connectivity index (χ4v) is 4.45. The number of carbonyl (C=O) groups excluding carboxylic acids is 2. The van der Waals surface area contributed by atoms with Gasteiger partial charge in [0.1, 0.15) is 36.1 Å². The van der Waals surface area contributed by atoms with Crippen molar-refractivity contribution in [2.24, 2.45) is 5.84 Å². The third-order valence-corrected chi connectivity index (χ3v) is 7.08. The van der Waals surface area contributed by atoms with Crippen LogP contribution in [-0.2, 0) is 18.0 Å². The third-order valence-electron chi connectivity index (χ3n) is 7.08. The number of hydrazine groups is 1. The number of nitrogens with one attached hydrogen (secondary N) is 1. The van der Waals surface area contributed by atoms with E-state index in [1.807, 2.05) is 79.9 Å². The van der Waals surface area contributed by atoms with Gasteiger partial charge >= 0.3 is 5.97 Å². The number of hydrogen-bond acceptors (Lipinski definition) is 12. The van der Waals surface area contributed by atoms with Crippen molar-refractivity contribution in [2.75, 3.05) is 7.11 Å². The van der Waals surface area contributed by atoms with E-state index in [9.17, 15) is 9.59 Å². The Labute approximate surface area is 275 Å². The normalized spacial score (nSPS) is 10.4. The molecule has 48 heavy (non-hydrogen) atoms. The fourth-order valence-electron chi connectivity index (χ4n) is 4.45. The molecule has 0 fully saturated rings. The molecule has 1 amide bonds. The zero-order chi connectivity index (χ0) is 33.9. The number of nitrogens with zero attached hydrogens (tertiary/aromatic N) is 4. The Morgan fingerprint density at radius 1 is 0.688 bits per heavy atom. The summed E-state index contributed by atoms with van der Waals surface area (Å²) in [6.45, 7) is 4.20. The molecule has 13 heteroatoms. The second-order valence-corrected chi connectivity index (χ2v) is 10.2. The zero-order valence-electron chi connectivity index (χ0n) is 26.4. The minimum atomic E-state index is -0.435. The summed E-state index contributed by atoms with van der Waals surface area (Å²) in [6.07, 6.45) is 2.82. The molecule has 0 aliphatic rings. The standard InChI is InChI=1S/C18H16N2O4.C17H16N4O3/c1-12-15(17(20-24-12)13-6-4-3-5-7-13)11-23-16-9-8-14(10-19-16)18(21)22-2;1-11-14(16(21-24-11)12-5-3-2-4-6-12)10-23-15-8-7-13(9-19-15)17(22)20-18/h3-10H,11H2,1-2H3;2-9H,10,18H2,1H3,(H,20,22). The lowest BCUT2D eigenvalue weighted by Gasteiger charge is -2.06. The molecule has 4 heterocycles. The van der Waals surface area contributed by atoms with Gasteiger partial charge in [0, 0.05) is 35.7 Å². The Morgan fingerprint density at radius 2 is 1.15 bits per heavy atom. The quantitative estimate of drug-likeness (QED) is 0.0810. The number of methoxy groups -OCH3 is 1. The lowest BCUT2D eigenvalue weighted by molar-refractivity contribution is 0.0600. The van der Waals surface area contributed by atoms with Gasteiger partial charge in [0.15, 0.2) is 0 Å². The van der Waals surface area contributed by atoms with Crippen molar-refractivity contribution in [1.82, 2.24) is 25.7 Å². The third kappa shape index (κ3) is 8.08. The van der Waals surface area contributed by atoms with E-state index in [0.29, 0.717) is 34.4 Å². The number of rotatable bonds is 10. The lowest BCUT2D eigenvalue weighted by atomic mass is 10.1. The van der Waals surface area contributed by atoms with Crippen LogP contribution in [0.1, 0.15) is 43.4 Å². The SMILES string of the molecule is COC(=O)c1ccc(OCc2c(-c3ccccc3)noc2C)nc1.Cc1onc(-c2ccccc2)c1COc1ccc(C(=O)NN)cn1. The molecule has 2 aromatic carbocycles. The van der Waals surface area contributed by atoms with Crippen molar-refractivity contribution in [3.05, 3.63) is 131 Å². The number of benzene rings is 2. The van der Waals surface area contributed by atoms with E-state index >= 15 is 0 Å². The number of aryl methyl sites for hydroxylation is 2. The highest BCUT2D eigenvalue weighted by Crippen LogP contribution is 2.27. The first-order valence-electron chi connectivity index (χ1n) is 14.7. The largest absolute Gasteiger partial charge is 0.473 e. The van der Waals surface area contributed by atoms with Crippen LogP contribution in [0.15, 0.2) is 106 Å². The summed E-state index contributed by atoms with van der Waals surface area (Å²) in [4.78, 5) is 31.0. The van der Waals surface area contributed by atoms with E-state index in [1.165, 1.54) is 19.5 Å². The first kappa shape index (κ1) is 33.0. The Kier molecular flexibility index (Phi) is 10.9. The minimum absolute atomic E-state index is 0.259. The molecule has 0 saturated carbocycles. The maximum absolute atomic E-state index is 11.4. The Morgan fingerprint density at radius 3 is 1.54 bits per heavy atom. The molecule has 0 bridgehead atoms. The second kappa shape index (κ2) is 15.8. The molecule has 6 rings (SSSR count). The molecular weight excluding hydrogens is 616 g/mol. The Balaban J connectivity index is 0.000000188. The molecule has 0 unspecified atom stereocenters. The van der Waals surface area contributed by atoms with Gasteiger partial charge in [-0.05, 0) is 26.0 Å². The van der Waals surface area contributed by atoms with Crippen molar-refractivity contribution in [3.8, 4) is 34.3 Å². The van der Waals surface area contributed by atoms with Crippen molar-refractivity contribution >= 4 is 11.9 Å². The van der Waals surface area contributed by atoms with Crippen LogP contribution in [0.2, 0.25) is 0 Å². The van der Waals surface area contributed by atoms with Crippen molar-refractivity contribution in [3.63, 3.8) is 0 Å². The van der Waals surface area contributed by atoms with Crippen LogP contribution in [0.5, 0.6) is 11.8 Å². The van der Waals surface area contributed by atoms with E-state index < -0.39 is 11.9 Å². The van der Waals surface area contributed by atoms with Crippen LogP contribution in [-0.4, -0.2) is 39.3 Å². The second-order valence-electron chi connectivity index (χ2n) is 10.2. The maximum Gasteiger partial charge on any atom is 0.339 e. The highest BCUT2D eigenvalue weighted by Gasteiger charge is 2.17. The van der Waals surface area contributed by atoms with Crippen LogP contribution in [0, 0.1) is 13.8 Å². The predicted molar refractivity (Wildman–Crippen MR) is 173 cm³/mol. The highest BCUT2D eigenvalue weighted by molar-refractivity contribution is 5.93.